The van der Waals surface area contributed by atoms with Crippen LogP contribution in [0.1, 0.15) is 19.4 Å². The van der Waals surface area contributed by atoms with Gasteiger partial charge in [0.2, 0.25) is 5.91 Å². The van der Waals surface area contributed by atoms with Crippen LogP contribution in [-0.4, -0.2) is 38.1 Å². The molecule has 0 aliphatic heterocycles. The minimum Gasteiger partial charge on any atom is -0.493 e. The number of esters is 2. The van der Waals surface area contributed by atoms with Crippen molar-refractivity contribution in [3.05, 3.63) is 23.8 Å². The van der Waals surface area contributed by atoms with Crippen LogP contribution in [0.15, 0.2) is 18.2 Å². The standard InChI is InChI=1S/C15H19NO6/c1-9(17)16-12(15(19)21-4)7-11-5-6-13(20-3)14(8-11)22-10(2)18/h5-6,8,12H,7H2,1-4H3,(H,16,17)/t12-/m1/s1. The number of amides is 1. The molecule has 0 bridgehead atoms. The summed E-state index contributed by atoms with van der Waals surface area (Å²) in [7, 11) is 2.70. The van der Waals surface area contributed by atoms with Gasteiger partial charge in [-0.05, 0) is 17.7 Å². The maximum absolute atomic E-state index is 11.7. The summed E-state index contributed by atoms with van der Waals surface area (Å²) in [5.41, 5.74) is 0.682. The van der Waals surface area contributed by atoms with Gasteiger partial charge in [-0.2, -0.15) is 0 Å². The van der Waals surface area contributed by atoms with E-state index in [1.165, 1.54) is 28.1 Å². The number of nitrogens with one attached hydrogen (secondary N) is 1. The first-order valence-electron chi connectivity index (χ1n) is 6.57. The molecular weight excluding hydrogens is 290 g/mol. The average molecular weight is 309 g/mol. The van der Waals surface area contributed by atoms with E-state index in [9.17, 15) is 14.4 Å². The molecule has 7 heteroatoms. The first-order valence-corrected chi connectivity index (χ1v) is 6.57. The lowest BCUT2D eigenvalue weighted by Gasteiger charge is -2.16. The predicted octanol–water partition coefficient (Wildman–Crippen LogP) is 0.841. The zero-order chi connectivity index (χ0) is 16.7. The molecule has 1 atom stereocenters. The number of carbonyl (C=O) groups is 3. The van der Waals surface area contributed by atoms with Crippen LogP contribution >= 0.6 is 0 Å². The number of methoxy groups -OCH3 is 2. The zero-order valence-electron chi connectivity index (χ0n) is 13.0. The minimum atomic E-state index is -0.818. The van der Waals surface area contributed by atoms with Crippen molar-refractivity contribution < 1.29 is 28.6 Å². The number of benzene rings is 1. The molecule has 1 aromatic carbocycles. The van der Waals surface area contributed by atoms with E-state index in [0.717, 1.165) is 0 Å². The molecule has 0 spiro atoms. The van der Waals surface area contributed by atoms with E-state index in [-0.39, 0.29) is 18.1 Å². The van der Waals surface area contributed by atoms with E-state index < -0.39 is 18.0 Å². The van der Waals surface area contributed by atoms with Crippen molar-refractivity contribution in [2.45, 2.75) is 26.3 Å². The fourth-order valence-electron chi connectivity index (χ4n) is 1.90. The van der Waals surface area contributed by atoms with Gasteiger partial charge >= 0.3 is 11.9 Å². The maximum Gasteiger partial charge on any atom is 0.328 e. The second-order valence-electron chi connectivity index (χ2n) is 4.56. The lowest BCUT2D eigenvalue weighted by molar-refractivity contribution is -0.144. The molecular formula is C15H19NO6. The first kappa shape index (κ1) is 17.5. The van der Waals surface area contributed by atoms with Gasteiger partial charge in [0.15, 0.2) is 11.5 Å². The maximum atomic E-state index is 11.7. The minimum absolute atomic E-state index is 0.199. The largest absolute Gasteiger partial charge is 0.493 e. The molecule has 0 saturated carbocycles. The van der Waals surface area contributed by atoms with Gasteiger partial charge in [0.25, 0.3) is 0 Å². The van der Waals surface area contributed by atoms with Gasteiger partial charge in [-0.3, -0.25) is 9.59 Å². The smallest absolute Gasteiger partial charge is 0.328 e. The zero-order valence-corrected chi connectivity index (χ0v) is 13.0. The molecule has 1 aromatic rings. The summed E-state index contributed by atoms with van der Waals surface area (Å²) in [6.45, 7) is 2.59. The van der Waals surface area contributed by atoms with Gasteiger partial charge < -0.3 is 19.5 Å². The van der Waals surface area contributed by atoms with E-state index in [4.69, 9.17) is 9.47 Å². The van der Waals surface area contributed by atoms with E-state index in [1.807, 2.05) is 0 Å². The molecule has 22 heavy (non-hydrogen) atoms. The number of rotatable bonds is 6. The third kappa shape index (κ3) is 5.08. The van der Waals surface area contributed by atoms with Crippen molar-refractivity contribution in [3.63, 3.8) is 0 Å². The van der Waals surface area contributed by atoms with Crippen molar-refractivity contribution >= 4 is 17.8 Å². The molecule has 0 saturated heterocycles. The molecule has 1 N–H and O–H groups in total. The van der Waals surface area contributed by atoms with Crippen molar-refractivity contribution in [2.24, 2.45) is 0 Å². The summed E-state index contributed by atoms with van der Waals surface area (Å²) in [6.07, 6.45) is 0.199. The normalized spacial score (nSPS) is 11.3. The number of hydrogen-bond donors (Lipinski definition) is 1. The molecule has 1 amide bonds. The van der Waals surface area contributed by atoms with E-state index in [1.54, 1.807) is 18.2 Å². The van der Waals surface area contributed by atoms with Gasteiger partial charge in [0.05, 0.1) is 14.2 Å². The van der Waals surface area contributed by atoms with E-state index in [0.29, 0.717) is 11.3 Å². The predicted molar refractivity (Wildman–Crippen MR) is 77.6 cm³/mol. The Hall–Kier alpha value is -2.57. The van der Waals surface area contributed by atoms with Gasteiger partial charge in [-0.25, -0.2) is 4.79 Å². The van der Waals surface area contributed by atoms with Crippen LogP contribution < -0.4 is 14.8 Å². The topological polar surface area (TPSA) is 90.9 Å². The van der Waals surface area contributed by atoms with Gasteiger partial charge in [-0.15, -0.1) is 0 Å². The summed E-state index contributed by atoms with van der Waals surface area (Å²) >= 11 is 0. The van der Waals surface area contributed by atoms with E-state index >= 15 is 0 Å². The van der Waals surface area contributed by atoms with Crippen molar-refractivity contribution in [1.29, 1.82) is 0 Å². The SMILES string of the molecule is COC(=O)[C@@H](Cc1ccc(OC)c(OC(C)=O)c1)NC(C)=O. The lowest BCUT2D eigenvalue weighted by atomic mass is 10.1. The van der Waals surface area contributed by atoms with Crippen LogP contribution in [0.25, 0.3) is 0 Å². The fraction of sp³-hybridized carbons (Fsp3) is 0.400. The van der Waals surface area contributed by atoms with Gasteiger partial charge in [0.1, 0.15) is 6.04 Å². The second-order valence-corrected chi connectivity index (χ2v) is 4.56. The molecule has 0 radical (unpaired) electrons. The monoisotopic (exact) mass is 309 g/mol. The second kappa shape index (κ2) is 8.02. The van der Waals surface area contributed by atoms with E-state index in [2.05, 4.69) is 10.1 Å². The van der Waals surface area contributed by atoms with Crippen LogP contribution in [-0.2, 0) is 25.5 Å². The molecule has 0 aromatic heterocycles. The highest BCUT2D eigenvalue weighted by molar-refractivity contribution is 5.83. The Morgan fingerprint density at radius 1 is 1.14 bits per heavy atom. The third-order valence-corrected chi connectivity index (χ3v) is 2.78. The highest BCUT2D eigenvalue weighted by Gasteiger charge is 2.21. The summed E-state index contributed by atoms with van der Waals surface area (Å²) in [5.74, 6) is -0.738. The first-order chi connectivity index (χ1) is 10.4. The highest BCUT2D eigenvalue weighted by Crippen LogP contribution is 2.28. The van der Waals surface area contributed by atoms with Crippen LogP contribution in [0.3, 0.4) is 0 Å². The fourth-order valence-corrected chi connectivity index (χ4v) is 1.90. The van der Waals surface area contributed by atoms with Crippen LogP contribution in [0.2, 0.25) is 0 Å². The number of hydrogen-bond acceptors (Lipinski definition) is 6. The van der Waals surface area contributed by atoms with Crippen molar-refractivity contribution in [3.8, 4) is 11.5 Å². The summed E-state index contributed by atoms with van der Waals surface area (Å²) in [5, 5.41) is 2.52. The molecule has 0 fully saturated rings. The van der Waals surface area contributed by atoms with Crippen molar-refractivity contribution in [2.75, 3.05) is 14.2 Å². The average Bonchev–Trinajstić information content (AvgIpc) is 2.45. The van der Waals surface area contributed by atoms with Crippen LogP contribution in [0.5, 0.6) is 11.5 Å². The van der Waals surface area contributed by atoms with Gasteiger partial charge in [-0.1, -0.05) is 6.07 Å². The number of ether oxygens (including phenoxy) is 3. The Morgan fingerprint density at radius 3 is 2.32 bits per heavy atom. The molecule has 7 nitrogen and oxygen atoms in total. The lowest BCUT2D eigenvalue weighted by Crippen LogP contribution is -2.41. The Balaban J connectivity index is 3.01. The summed E-state index contributed by atoms with van der Waals surface area (Å²) in [4.78, 5) is 34.0. The molecule has 120 valence electrons. The van der Waals surface area contributed by atoms with Crippen LogP contribution in [0.4, 0.5) is 0 Å². The molecule has 1 rings (SSSR count). The number of carbonyl (C=O) groups excluding carboxylic acids is 3. The molecule has 0 unspecified atom stereocenters. The summed E-state index contributed by atoms with van der Waals surface area (Å²) in [6, 6.07) is 4.10. The quantitative estimate of drug-likeness (QED) is 0.618. The third-order valence-electron chi connectivity index (χ3n) is 2.78. The van der Waals surface area contributed by atoms with Crippen LogP contribution in [0, 0.1) is 0 Å². The summed E-state index contributed by atoms with van der Waals surface area (Å²) < 4.78 is 14.8. The van der Waals surface area contributed by atoms with Crippen molar-refractivity contribution in [1.82, 2.24) is 5.32 Å². The Kier molecular flexibility index (Phi) is 6.37. The highest BCUT2D eigenvalue weighted by atomic mass is 16.6. The Bertz CT molecular complexity index is 569. The molecule has 0 aliphatic rings. The molecule has 0 heterocycles. The Labute approximate surface area is 128 Å². The van der Waals surface area contributed by atoms with Gasteiger partial charge in [0, 0.05) is 20.3 Å². The molecule has 0 aliphatic carbocycles. The Morgan fingerprint density at radius 2 is 1.82 bits per heavy atom.